The van der Waals surface area contributed by atoms with Crippen LogP contribution in [0.15, 0.2) is 42.5 Å². The minimum Gasteiger partial charge on any atom is -0.369 e. The number of hydrogen-bond acceptors (Lipinski definition) is 3. The van der Waals surface area contributed by atoms with Crippen molar-refractivity contribution >= 4 is 11.7 Å². The molecule has 0 aromatic heterocycles. The van der Waals surface area contributed by atoms with Gasteiger partial charge >= 0.3 is 0 Å². The molecule has 3 N–H and O–H groups in total. The Labute approximate surface area is 166 Å². The van der Waals surface area contributed by atoms with Gasteiger partial charge in [-0.15, -0.1) is 0 Å². The van der Waals surface area contributed by atoms with Gasteiger partial charge in [0, 0.05) is 18.9 Å². The number of benzene rings is 2. The van der Waals surface area contributed by atoms with Gasteiger partial charge in [0.05, 0.1) is 6.04 Å². The number of nitrogens with two attached hydrogens (primary N) is 1. The Morgan fingerprint density at radius 1 is 1.00 bits per heavy atom. The van der Waals surface area contributed by atoms with E-state index in [9.17, 15) is 9.59 Å². The molecule has 2 atom stereocenters. The molecule has 1 heterocycles. The summed E-state index contributed by atoms with van der Waals surface area (Å²) in [4.78, 5) is 24.0. The molecule has 4 rings (SSSR count). The number of primary amides is 1. The third kappa shape index (κ3) is 4.17. The summed E-state index contributed by atoms with van der Waals surface area (Å²) in [6.07, 6.45) is 5.73. The van der Waals surface area contributed by atoms with Gasteiger partial charge < -0.3 is 11.1 Å². The van der Waals surface area contributed by atoms with Crippen molar-refractivity contribution in [2.45, 2.75) is 57.5 Å². The molecule has 4 nitrogen and oxygen atoms in total. The van der Waals surface area contributed by atoms with Gasteiger partial charge in [-0.25, -0.2) is 0 Å². The van der Waals surface area contributed by atoms with Gasteiger partial charge in [0.25, 0.3) is 0 Å². The zero-order chi connectivity index (χ0) is 19.5. The van der Waals surface area contributed by atoms with Crippen LogP contribution in [-0.2, 0) is 41.8 Å². The van der Waals surface area contributed by atoms with Crippen LogP contribution in [0.5, 0.6) is 0 Å². The number of fused-ring (bicyclic) bond motifs is 2. The maximum atomic E-state index is 12.6. The Morgan fingerprint density at radius 2 is 1.79 bits per heavy atom. The lowest BCUT2D eigenvalue weighted by atomic mass is 9.82. The van der Waals surface area contributed by atoms with E-state index in [4.69, 9.17) is 5.73 Å². The first-order valence-corrected chi connectivity index (χ1v) is 10.3. The van der Waals surface area contributed by atoms with Gasteiger partial charge in [-0.05, 0) is 66.3 Å². The molecule has 1 aliphatic heterocycles. The Bertz CT molecular complexity index is 890. The second-order valence-corrected chi connectivity index (χ2v) is 8.17. The molecule has 1 amide bonds. The van der Waals surface area contributed by atoms with Crippen LogP contribution < -0.4 is 11.1 Å². The van der Waals surface area contributed by atoms with E-state index in [0.717, 1.165) is 45.1 Å². The highest BCUT2D eigenvalue weighted by molar-refractivity contribution is 5.84. The molecule has 0 radical (unpaired) electrons. The summed E-state index contributed by atoms with van der Waals surface area (Å²) in [5, 5.41) is 3.39. The molecule has 0 spiro atoms. The molecule has 0 fully saturated rings. The summed E-state index contributed by atoms with van der Waals surface area (Å²) < 4.78 is 0. The number of amides is 1. The predicted molar refractivity (Wildman–Crippen MR) is 110 cm³/mol. The lowest BCUT2D eigenvalue weighted by Crippen LogP contribution is -2.41. The molecule has 0 saturated carbocycles. The minimum absolute atomic E-state index is 0.0240. The monoisotopic (exact) mass is 376 g/mol. The van der Waals surface area contributed by atoms with Crippen LogP contribution in [0.1, 0.15) is 47.1 Å². The fourth-order valence-corrected chi connectivity index (χ4v) is 4.53. The first kappa shape index (κ1) is 18.9. The van der Waals surface area contributed by atoms with E-state index in [-0.39, 0.29) is 17.9 Å². The van der Waals surface area contributed by atoms with Gasteiger partial charge in [-0.1, -0.05) is 42.5 Å². The average Bonchev–Trinajstić information content (AvgIpc) is 2.72. The van der Waals surface area contributed by atoms with Crippen molar-refractivity contribution in [3.8, 4) is 0 Å². The highest BCUT2D eigenvalue weighted by Crippen LogP contribution is 2.27. The van der Waals surface area contributed by atoms with Gasteiger partial charge in [-0.3, -0.25) is 9.59 Å². The molecule has 28 heavy (non-hydrogen) atoms. The molecule has 0 saturated heterocycles. The Kier molecular flexibility index (Phi) is 5.58. The van der Waals surface area contributed by atoms with Crippen LogP contribution in [-0.4, -0.2) is 17.7 Å². The lowest BCUT2D eigenvalue weighted by Gasteiger charge is -2.25. The second kappa shape index (κ2) is 8.27. The summed E-state index contributed by atoms with van der Waals surface area (Å²) in [5.41, 5.74) is 11.9. The molecule has 1 aliphatic carbocycles. The number of carbonyl (C=O) groups excluding carboxylic acids is 2. The summed E-state index contributed by atoms with van der Waals surface area (Å²) in [6.45, 7) is 0.781. The van der Waals surface area contributed by atoms with Gasteiger partial charge in [-0.2, -0.15) is 0 Å². The van der Waals surface area contributed by atoms with Crippen LogP contribution in [0.2, 0.25) is 0 Å². The molecule has 2 unspecified atom stereocenters. The standard InChI is InChI=1S/C24H28N2O2/c25-24(28)20-11-10-18-12-16(8-9-19(18)13-20)4-3-7-23(27)22-14-17-5-1-2-6-21(17)15-26-22/h1-2,5-6,8-9,12,20,22,26H,3-4,7,10-11,13-15H2,(H2,25,28). The van der Waals surface area contributed by atoms with E-state index in [1.807, 2.05) is 6.07 Å². The minimum atomic E-state index is -0.188. The third-order valence-electron chi connectivity index (χ3n) is 6.26. The molecule has 4 heteroatoms. The van der Waals surface area contributed by atoms with Crippen LogP contribution in [0.3, 0.4) is 0 Å². The van der Waals surface area contributed by atoms with E-state index < -0.39 is 0 Å². The van der Waals surface area contributed by atoms with Crippen LogP contribution >= 0.6 is 0 Å². The van der Waals surface area contributed by atoms with E-state index in [0.29, 0.717) is 12.2 Å². The Hall–Kier alpha value is -2.46. The maximum absolute atomic E-state index is 12.6. The second-order valence-electron chi connectivity index (χ2n) is 8.17. The maximum Gasteiger partial charge on any atom is 0.220 e. The van der Waals surface area contributed by atoms with E-state index in [1.54, 1.807) is 0 Å². The summed E-state index contributed by atoms with van der Waals surface area (Å²) in [6, 6.07) is 14.8. The number of nitrogens with one attached hydrogen (secondary N) is 1. The molecule has 2 aromatic carbocycles. The molecule has 2 aliphatic rings. The van der Waals surface area contributed by atoms with E-state index >= 15 is 0 Å². The van der Waals surface area contributed by atoms with Gasteiger partial charge in [0.2, 0.25) is 5.91 Å². The highest BCUT2D eigenvalue weighted by Gasteiger charge is 2.24. The largest absolute Gasteiger partial charge is 0.369 e. The number of aryl methyl sites for hydroxylation is 2. The van der Waals surface area contributed by atoms with Crippen LogP contribution in [0, 0.1) is 5.92 Å². The molecule has 146 valence electrons. The third-order valence-corrected chi connectivity index (χ3v) is 6.26. The topological polar surface area (TPSA) is 72.2 Å². The van der Waals surface area contributed by atoms with Crippen LogP contribution in [0.25, 0.3) is 0 Å². The Morgan fingerprint density at radius 3 is 2.61 bits per heavy atom. The molecule has 2 aromatic rings. The number of carbonyl (C=O) groups is 2. The fourth-order valence-electron chi connectivity index (χ4n) is 4.53. The average molecular weight is 377 g/mol. The molecular formula is C24H28N2O2. The molecular weight excluding hydrogens is 348 g/mol. The zero-order valence-electron chi connectivity index (χ0n) is 16.2. The smallest absolute Gasteiger partial charge is 0.220 e. The first-order valence-electron chi connectivity index (χ1n) is 10.3. The quantitative estimate of drug-likeness (QED) is 0.814. The van der Waals surface area contributed by atoms with Gasteiger partial charge in [0.15, 0.2) is 0 Å². The molecule has 0 bridgehead atoms. The number of rotatable bonds is 6. The van der Waals surface area contributed by atoms with Crippen molar-refractivity contribution in [3.05, 3.63) is 70.3 Å². The lowest BCUT2D eigenvalue weighted by molar-refractivity contribution is -0.122. The summed E-state index contributed by atoms with van der Waals surface area (Å²) >= 11 is 0. The van der Waals surface area contributed by atoms with Crippen molar-refractivity contribution < 1.29 is 9.59 Å². The zero-order valence-corrected chi connectivity index (χ0v) is 16.2. The van der Waals surface area contributed by atoms with Gasteiger partial charge in [0.1, 0.15) is 5.78 Å². The fraction of sp³-hybridized carbons (Fsp3) is 0.417. The summed E-state index contributed by atoms with van der Waals surface area (Å²) in [5.74, 6) is 0.105. The number of Topliss-reactive ketones (excluding diaryl/α,β-unsaturated/α-hetero) is 1. The summed E-state index contributed by atoms with van der Waals surface area (Å²) in [7, 11) is 0. The normalized spacial score (nSPS) is 20.9. The van der Waals surface area contributed by atoms with Crippen LogP contribution in [0.4, 0.5) is 0 Å². The van der Waals surface area contributed by atoms with Crippen molar-refractivity contribution in [3.63, 3.8) is 0 Å². The van der Waals surface area contributed by atoms with Crippen molar-refractivity contribution in [2.24, 2.45) is 11.7 Å². The predicted octanol–water partition coefficient (Wildman–Crippen LogP) is 2.88. The first-order chi connectivity index (χ1) is 13.6. The number of hydrogen-bond donors (Lipinski definition) is 2. The Balaban J connectivity index is 1.29. The highest BCUT2D eigenvalue weighted by atomic mass is 16.1. The van der Waals surface area contributed by atoms with Crippen molar-refractivity contribution in [1.82, 2.24) is 5.32 Å². The SMILES string of the molecule is NC(=O)C1CCc2cc(CCCC(=O)C3Cc4ccccc4CN3)ccc2C1. The van der Waals surface area contributed by atoms with Crippen molar-refractivity contribution in [1.29, 1.82) is 0 Å². The van der Waals surface area contributed by atoms with E-state index in [1.165, 1.54) is 27.8 Å². The van der Waals surface area contributed by atoms with Crippen molar-refractivity contribution in [2.75, 3.05) is 0 Å². The number of ketones is 1. The van der Waals surface area contributed by atoms with E-state index in [2.05, 4.69) is 41.7 Å².